The summed E-state index contributed by atoms with van der Waals surface area (Å²) < 4.78 is 1.96. The number of anilines is 1. The number of carbonyl (C=O) groups excluding carboxylic acids is 1. The lowest BCUT2D eigenvalue weighted by Crippen LogP contribution is -2.46. The maximum absolute atomic E-state index is 11.6. The van der Waals surface area contributed by atoms with Crippen LogP contribution in [-0.4, -0.2) is 28.5 Å². The fourth-order valence-electron chi connectivity index (χ4n) is 2.46. The molecule has 0 fully saturated rings. The number of nitrogens with two attached hydrogens (primary N) is 1. The predicted molar refractivity (Wildman–Crippen MR) is 76.9 cm³/mol. The van der Waals surface area contributed by atoms with Gasteiger partial charge in [-0.25, -0.2) is 4.98 Å². The highest BCUT2D eigenvalue weighted by Crippen LogP contribution is 2.23. The highest BCUT2D eigenvalue weighted by atomic mass is 16.1. The van der Waals surface area contributed by atoms with Crippen LogP contribution in [0.2, 0.25) is 0 Å². The van der Waals surface area contributed by atoms with Crippen molar-refractivity contribution < 1.29 is 4.79 Å². The molecule has 1 aromatic heterocycles. The third-order valence-electron chi connectivity index (χ3n) is 3.46. The Labute approximate surface area is 113 Å². The summed E-state index contributed by atoms with van der Waals surface area (Å²) in [6.45, 7) is 3.99. The summed E-state index contributed by atoms with van der Waals surface area (Å²) in [5, 5.41) is 0. The average molecular weight is 260 g/mol. The van der Waals surface area contributed by atoms with Gasteiger partial charge in [0.25, 0.3) is 0 Å². The van der Waals surface area contributed by atoms with E-state index in [1.54, 1.807) is 6.33 Å². The van der Waals surface area contributed by atoms with Gasteiger partial charge in [0.05, 0.1) is 17.4 Å². The summed E-state index contributed by atoms with van der Waals surface area (Å²) in [5.41, 5.74) is 8.45. The Morgan fingerprint density at radius 3 is 2.68 bits per heavy atom. The molecule has 0 aliphatic heterocycles. The lowest BCUT2D eigenvalue weighted by Gasteiger charge is -2.30. The van der Waals surface area contributed by atoms with Crippen molar-refractivity contribution in [2.75, 3.05) is 11.9 Å². The van der Waals surface area contributed by atoms with Crippen molar-refractivity contribution >= 4 is 22.6 Å². The molecule has 2 N–H and O–H groups in total. The zero-order valence-corrected chi connectivity index (χ0v) is 11.8. The van der Waals surface area contributed by atoms with Crippen LogP contribution in [0.5, 0.6) is 0 Å². The second kappa shape index (κ2) is 4.91. The molecule has 2 aromatic rings. The van der Waals surface area contributed by atoms with Gasteiger partial charge in [0.15, 0.2) is 0 Å². The van der Waals surface area contributed by atoms with E-state index in [9.17, 15) is 4.79 Å². The van der Waals surface area contributed by atoms with Crippen LogP contribution in [0.1, 0.15) is 13.8 Å². The first-order chi connectivity index (χ1) is 8.91. The van der Waals surface area contributed by atoms with Crippen molar-refractivity contribution in [1.29, 1.82) is 0 Å². The molecule has 0 aliphatic rings. The monoisotopic (exact) mass is 260 g/mol. The maximum Gasteiger partial charge on any atom is 0.240 e. The number of primary amides is 1. The van der Waals surface area contributed by atoms with Crippen LogP contribution < -0.4 is 10.6 Å². The molecule has 0 saturated carbocycles. The van der Waals surface area contributed by atoms with E-state index < -0.39 is 0 Å². The molecule has 5 heteroatoms. The number of likely N-dealkylation sites (N-methyl/N-ethyl adjacent to an activating group) is 1. The highest BCUT2D eigenvalue weighted by molar-refractivity contribution is 5.86. The molecule has 102 valence electrons. The van der Waals surface area contributed by atoms with Crippen LogP contribution in [0, 0.1) is 5.92 Å². The van der Waals surface area contributed by atoms with Gasteiger partial charge < -0.3 is 15.2 Å². The van der Waals surface area contributed by atoms with Gasteiger partial charge in [-0.15, -0.1) is 0 Å². The van der Waals surface area contributed by atoms with Crippen LogP contribution in [-0.2, 0) is 11.8 Å². The number of rotatable bonds is 4. The summed E-state index contributed by atoms with van der Waals surface area (Å²) in [6, 6.07) is 5.64. The topological polar surface area (TPSA) is 64.2 Å². The molecule has 2 rings (SSSR count). The largest absolute Gasteiger partial charge is 0.368 e. The smallest absolute Gasteiger partial charge is 0.240 e. The zero-order chi connectivity index (χ0) is 14.2. The van der Waals surface area contributed by atoms with E-state index >= 15 is 0 Å². The lowest BCUT2D eigenvalue weighted by atomic mass is 10.0. The van der Waals surface area contributed by atoms with Crippen molar-refractivity contribution in [2.24, 2.45) is 18.7 Å². The minimum atomic E-state index is -0.314. The Morgan fingerprint density at radius 1 is 1.42 bits per heavy atom. The quantitative estimate of drug-likeness (QED) is 0.906. The Morgan fingerprint density at radius 2 is 2.11 bits per heavy atom. The van der Waals surface area contributed by atoms with Gasteiger partial charge in [0.2, 0.25) is 5.91 Å². The van der Waals surface area contributed by atoms with E-state index in [1.165, 1.54) is 0 Å². The van der Waals surface area contributed by atoms with Crippen molar-refractivity contribution in [2.45, 2.75) is 19.9 Å². The molecule has 0 aliphatic carbocycles. The molecule has 1 aromatic carbocycles. The van der Waals surface area contributed by atoms with Crippen LogP contribution in [0.4, 0.5) is 5.69 Å². The van der Waals surface area contributed by atoms with Gasteiger partial charge in [0, 0.05) is 19.8 Å². The van der Waals surface area contributed by atoms with Crippen LogP contribution in [0.15, 0.2) is 24.5 Å². The predicted octanol–water partition coefficient (Wildman–Crippen LogP) is 1.52. The summed E-state index contributed by atoms with van der Waals surface area (Å²) >= 11 is 0. The number of fused-ring (bicyclic) bond motifs is 1. The van der Waals surface area contributed by atoms with E-state index in [0.717, 1.165) is 16.7 Å². The fraction of sp³-hybridized carbons (Fsp3) is 0.429. The molecule has 1 amide bonds. The molecule has 1 heterocycles. The number of amides is 1. The van der Waals surface area contributed by atoms with Gasteiger partial charge >= 0.3 is 0 Å². The first-order valence-electron chi connectivity index (χ1n) is 6.35. The van der Waals surface area contributed by atoms with Gasteiger partial charge in [-0.3, -0.25) is 4.79 Å². The SMILES string of the molecule is CC(C)C(C(N)=O)N(C)c1ccc2ncn(C)c2c1. The fourth-order valence-corrected chi connectivity index (χ4v) is 2.46. The molecular weight excluding hydrogens is 240 g/mol. The molecule has 0 bridgehead atoms. The minimum Gasteiger partial charge on any atom is -0.368 e. The Kier molecular flexibility index (Phi) is 3.46. The van der Waals surface area contributed by atoms with Crippen molar-refractivity contribution in [1.82, 2.24) is 9.55 Å². The Bertz CT molecular complexity index is 603. The van der Waals surface area contributed by atoms with E-state index in [-0.39, 0.29) is 17.9 Å². The first-order valence-corrected chi connectivity index (χ1v) is 6.35. The van der Waals surface area contributed by atoms with E-state index in [2.05, 4.69) is 4.98 Å². The molecule has 0 radical (unpaired) electrons. The van der Waals surface area contributed by atoms with E-state index in [4.69, 9.17) is 5.73 Å². The zero-order valence-electron chi connectivity index (χ0n) is 11.8. The third kappa shape index (κ3) is 2.41. The normalized spacial score (nSPS) is 12.9. The number of hydrogen-bond acceptors (Lipinski definition) is 3. The van der Waals surface area contributed by atoms with E-state index in [1.807, 2.05) is 55.6 Å². The maximum atomic E-state index is 11.6. The van der Waals surface area contributed by atoms with E-state index in [0.29, 0.717) is 0 Å². The molecule has 0 spiro atoms. The number of imidazole rings is 1. The standard InChI is InChI=1S/C14H20N4O/c1-9(2)13(14(15)19)18(4)10-5-6-11-12(7-10)17(3)8-16-11/h5-9,13H,1-4H3,(H2,15,19). The summed E-state index contributed by atoms with van der Waals surface area (Å²) in [4.78, 5) is 17.8. The third-order valence-corrected chi connectivity index (χ3v) is 3.46. The van der Waals surface area contributed by atoms with Crippen LogP contribution in [0.3, 0.4) is 0 Å². The second-order valence-electron chi connectivity index (χ2n) is 5.23. The number of nitrogens with zero attached hydrogens (tertiary/aromatic N) is 3. The minimum absolute atomic E-state index is 0.157. The number of aromatic nitrogens is 2. The Balaban J connectivity index is 2.42. The summed E-state index contributed by atoms with van der Waals surface area (Å²) in [6.07, 6.45) is 1.78. The van der Waals surface area contributed by atoms with Gasteiger partial charge in [0.1, 0.15) is 6.04 Å². The van der Waals surface area contributed by atoms with Gasteiger partial charge in [-0.2, -0.15) is 0 Å². The number of hydrogen-bond donors (Lipinski definition) is 1. The molecule has 1 atom stereocenters. The molecule has 1 unspecified atom stereocenters. The van der Waals surface area contributed by atoms with Gasteiger partial charge in [-0.1, -0.05) is 13.8 Å². The van der Waals surface area contributed by atoms with Crippen LogP contribution >= 0.6 is 0 Å². The Hall–Kier alpha value is -2.04. The first kappa shape index (κ1) is 13.4. The van der Waals surface area contributed by atoms with Crippen molar-refractivity contribution in [3.05, 3.63) is 24.5 Å². The molecule has 19 heavy (non-hydrogen) atoms. The second-order valence-corrected chi connectivity index (χ2v) is 5.23. The van der Waals surface area contributed by atoms with Gasteiger partial charge in [-0.05, 0) is 24.1 Å². The van der Waals surface area contributed by atoms with Crippen molar-refractivity contribution in [3.8, 4) is 0 Å². The summed E-state index contributed by atoms with van der Waals surface area (Å²) in [5.74, 6) is -0.146. The molecule has 5 nitrogen and oxygen atoms in total. The summed E-state index contributed by atoms with van der Waals surface area (Å²) in [7, 11) is 3.85. The number of aryl methyl sites for hydroxylation is 1. The van der Waals surface area contributed by atoms with Crippen LogP contribution in [0.25, 0.3) is 11.0 Å². The number of benzene rings is 1. The lowest BCUT2D eigenvalue weighted by molar-refractivity contribution is -0.120. The average Bonchev–Trinajstić information content (AvgIpc) is 2.69. The molecular formula is C14H20N4O. The van der Waals surface area contributed by atoms with Crippen molar-refractivity contribution in [3.63, 3.8) is 0 Å². The highest BCUT2D eigenvalue weighted by Gasteiger charge is 2.24. The number of carbonyl (C=O) groups is 1. The molecule has 0 saturated heterocycles.